The summed E-state index contributed by atoms with van der Waals surface area (Å²) in [4.78, 5) is 17.6. The average molecular weight is 440 g/mol. The van der Waals surface area contributed by atoms with Crippen LogP contribution in [-0.4, -0.2) is 86.4 Å². The third-order valence-electron chi connectivity index (χ3n) is 6.44. The molecule has 3 rings (SSSR count). The summed E-state index contributed by atoms with van der Waals surface area (Å²) in [6.45, 7) is 11.1. The molecule has 166 valence electrons. The molecule has 8 heteroatoms. The minimum absolute atomic E-state index is 0. The van der Waals surface area contributed by atoms with Crippen LogP contribution < -0.4 is 5.32 Å². The van der Waals surface area contributed by atoms with Gasteiger partial charge in [0.05, 0.1) is 12.2 Å². The molecule has 0 saturated carbocycles. The molecular formula is C20H39Cl2N3O3. The Kier molecular flexibility index (Phi) is 11.0. The topological polar surface area (TPSA) is 54.0 Å². The van der Waals surface area contributed by atoms with Crippen LogP contribution in [0.25, 0.3) is 0 Å². The van der Waals surface area contributed by atoms with Crippen molar-refractivity contribution in [2.45, 2.75) is 63.8 Å². The van der Waals surface area contributed by atoms with Gasteiger partial charge in [-0.1, -0.05) is 0 Å². The Morgan fingerprint density at radius 2 is 1.68 bits per heavy atom. The molecule has 3 saturated heterocycles. The molecule has 28 heavy (non-hydrogen) atoms. The van der Waals surface area contributed by atoms with Gasteiger partial charge < -0.3 is 19.7 Å². The molecule has 1 amide bonds. The molecule has 1 N–H and O–H groups in total. The number of halogens is 2. The predicted molar refractivity (Wildman–Crippen MR) is 117 cm³/mol. The lowest BCUT2D eigenvalue weighted by atomic mass is 9.88. The summed E-state index contributed by atoms with van der Waals surface area (Å²) >= 11 is 0. The smallest absolute Gasteiger partial charge is 0.254 e. The number of amides is 1. The van der Waals surface area contributed by atoms with Crippen LogP contribution in [0.1, 0.15) is 46.0 Å². The highest BCUT2D eigenvalue weighted by Gasteiger charge is 2.43. The third kappa shape index (κ3) is 6.44. The average Bonchev–Trinajstić information content (AvgIpc) is 2.66. The summed E-state index contributed by atoms with van der Waals surface area (Å²) in [6.07, 6.45) is 5.74. The molecule has 3 aliphatic rings. The second-order valence-electron chi connectivity index (χ2n) is 8.49. The van der Waals surface area contributed by atoms with E-state index in [-0.39, 0.29) is 30.7 Å². The van der Waals surface area contributed by atoms with E-state index in [1.54, 1.807) is 7.11 Å². The van der Waals surface area contributed by atoms with Gasteiger partial charge in [-0.2, -0.15) is 0 Å². The number of morpholine rings is 1. The molecule has 6 nitrogen and oxygen atoms in total. The maximum Gasteiger partial charge on any atom is 0.254 e. The molecule has 3 heterocycles. The summed E-state index contributed by atoms with van der Waals surface area (Å²) in [5.41, 5.74) is -0.585. The molecule has 3 aliphatic heterocycles. The number of nitrogens with zero attached hydrogens (tertiary/aromatic N) is 2. The van der Waals surface area contributed by atoms with E-state index < -0.39 is 5.60 Å². The number of methoxy groups -OCH3 is 1. The van der Waals surface area contributed by atoms with Crippen LogP contribution in [0.15, 0.2) is 0 Å². The lowest BCUT2D eigenvalue weighted by Crippen LogP contribution is -2.56. The summed E-state index contributed by atoms with van der Waals surface area (Å²) in [5, 5.41) is 3.33. The van der Waals surface area contributed by atoms with Crippen LogP contribution in [0.2, 0.25) is 0 Å². The van der Waals surface area contributed by atoms with Gasteiger partial charge in [0.1, 0.15) is 5.60 Å². The summed E-state index contributed by atoms with van der Waals surface area (Å²) in [7, 11) is 1.69. The highest BCUT2D eigenvalue weighted by atomic mass is 35.5. The first-order valence-corrected chi connectivity index (χ1v) is 10.5. The van der Waals surface area contributed by atoms with Crippen LogP contribution in [-0.2, 0) is 14.3 Å². The summed E-state index contributed by atoms with van der Waals surface area (Å²) in [5.74, 6) is 0.954. The van der Waals surface area contributed by atoms with Crippen molar-refractivity contribution in [2.24, 2.45) is 5.92 Å². The molecule has 0 spiro atoms. The molecule has 0 bridgehead atoms. The van der Waals surface area contributed by atoms with Crippen molar-refractivity contribution in [3.8, 4) is 0 Å². The zero-order chi connectivity index (χ0) is 18.6. The van der Waals surface area contributed by atoms with Gasteiger partial charge in [0, 0.05) is 33.3 Å². The monoisotopic (exact) mass is 439 g/mol. The maximum atomic E-state index is 13.0. The first-order valence-electron chi connectivity index (χ1n) is 10.5. The number of hydrogen-bond acceptors (Lipinski definition) is 5. The Hall–Kier alpha value is -0.110. The Morgan fingerprint density at radius 1 is 1.11 bits per heavy atom. The van der Waals surface area contributed by atoms with Crippen LogP contribution in [0, 0.1) is 5.92 Å². The zero-order valence-corrected chi connectivity index (χ0v) is 19.3. The second-order valence-corrected chi connectivity index (χ2v) is 8.49. The molecule has 2 atom stereocenters. The van der Waals surface area contributed by atoms with Crippen molar-refractivity contribution in [1.82, 2.24) is 15.1 Å². The van der Waals surface area contributed by atoms with Crippen molar-refractivity contribution >= 4 is 30.7 Å². The Balaban J connectivity index is 0.00000196. The van der Waals surface area contributed by atoms with Gasteiger partial charge in [0.25, 0.3) is 5.91 Å². The highest BCUT2D eigenvalue weighted by molar-refractivity contribution is 5.86. The van der Waals surface area contributed by atoms with Crippen molar-refractivity contribution < 1.29 is 14.3 Å². The number of nitrogens with one attached hydrogen (secondary N) is 1. The first kappa shape index (κ1) is 25.9. The molecule has 0 aliphatic carbocycles. The van der Waals surface area contributed by atoms with Crippen molar-refractivity contribution in [3.05, 3.63) is 0 Å². The van der Waals surface area contributed by atoms with Gasteiger partial charge in [0.2, 0.25) is 0 Å². The van der Waals surface area contributed by atoms with Gasteiger partial charge in [-0.05, 0) is 71.5 Å². The molecule has 0 aromatic carbocycles. The van der Waals surface area contributed by atoms with E-state index in [1.807, 2.05) is 0 Å². The largest absolute Gasteiger partial charge is 0.373 e. The minimum Gasteiger partial charge on any atom is -0.373 e. The van der Waals surface area contributed by atoms with Crippen LogP contribution >= 0.6 is 24.8 Å². The number of carbonyl (C=O) groups is 1. The fourth-order valence-corrected chi connectivity index (χ4v) is 4.88. The maximum absolute atomic E-state index is 13.0. The molecule has 2 unspecified atom stereocenters. The number of ether oxygens (including phenoxy) is 2. The zero-order valence-electron chi connectivity index (χ0n) is 17.7. The Morgan fingerprint density at radius 3 is 2.21 bits per heavy atom. The van der Waals surface area contributed by atoms with E-state index in [1.165, 1.54) is 6.42 Å². The summed E-state index contributed by atoms with van der Waals surface area (Å²) in [6, 6.07) is 0. The van der Waals surface area contributed by atoms with E-state index in [0.717, 1.165) is 77.4 Å². The number of piperidine rings is 2. The number of rotatable bonds is 5. The van der Waals surface area contributed by atoms with Crippen LogP contribution in [0.3, 0.4) is 0 Å². The van der Waals surface area contributed by atoms with Crippen molar-refractivity contribution in [2.75, 3.05) is 52.9 Å². The van der Waals surface area contributed by atoms with Gasteiger partial charge in [-0.15, -0.1) is 24.8 Å². The quantitative estimate of drug-likeness (QED) is 0.712. The SMILES string of the molecule is COC1(C(=O)N2CCC(CCN3CC(C)OC(C)C3)CC2)CCNCC1.Cl.Cl. The molecule has 0 aromatic heterocycles. The fourth-order valence-electron chi connectivity index (χ4n) is 4.88. The van der Waals surface area contributed by atoms with E-state index in [9.17, 15) is 4.79 Å². The predicted octanol–water partition coefficient (Wildman–Crippen LogP) is 2.34. The van der Waals surface area contributed by atoms with Crippen molar-refractivity contribution in [3.63, 3.8) is 0 Å². The molecule has 0 radical (unpaired) electrons. The van der Waals surface area contributed by atoms with E-state index >= 15 is 0 Å². The normalized spacial score (nSPS) is 28.9. The fraction of sp³-hybridized carbons (Fsp3) is 0.950. The molecule has 3 fully saturated rings. The summed E-state index contributed by atoms with van der Waals surface area (Å²) < 4.78 is 11.5. The van der Waals surface area contributed by atoms with E-state index in [2.05, 4.69) is 29.0 Å². The lowest BCUT2D eigenvalue weighted by Gasteiger charge is -2.42. The van der Waals surface area contributed by atoms with Gasteiger partial charge >= 0.3 is 0 Å². The van der Waals surface area contributed by atoms with Gasteiger partial charge in [-0.3, -0.25) is 9.69 Å². The Labute approximate surface area is 182 Å². The number of carbonyl (C=O) groups excluding carboxylic acids is 1. The van der Waals surface area contributed by atoms with Crippen LogP contribution in [0.5, 0.6) is 0 Å². The molecule has 0 aromatic rings. The van der Waals surface area contributed by atoms with Gasteiger partial charge in [0.15, 0.2) is 0 Å². The van der Waals surface area contributed by atoms with E-state index in [4.69, 9.17) is 9.47 Å². The van der Waals surface area contributed by atoms with E-state index in [0.29, 0.717) is 12.2 Å². The minimum atomic E-state index is -0.585. The van der Waals surface area contributed by atoms with Crippen molar-refractivity contribution in [1.29, 1.82) is 0 Å². The molecular weight excluding hydrogens is 401 g/mol. The Bertz CT molecular complexity index is 460. The second kappa shape index (κ2) is 11.9. The lowest BCUT2D eigenvalue weighted by molar-refractivity contribution is -0.159. The number of hydrogen-bond donors (Lipinski definition) is 1. The first-order chi connectivity index (χ1) is 12.5. The number of likely N-dealkylation sites (tertiary alicyclic amines) is 1. The standard InChI is InChI=1S/C20H37N3O3.2ClH/c1-16-14-22(15-17(2)26-16)11-4-18-5-12-23(13-6-18)19(24)20(25-3)7-9-21-10-8-20;;/h16-18,21H,4-15H2,1-3H3;2*1H. The highest BCUT2D eigenvalue weighted by Crippen LogP contribution is 2.29. The third-order valence-corrected chi connectivity index (χ3v) is 6.44. The van der Waals surface area contributed by atoms with Crippen LogP contribution in [0.4, 0.5) is 0 Å². The van der Waals surface area contributed by atoms with Gasteiger partial charge in [-0.25, -0.2) is 0 Å².